The largest absolute Gasteiger partial charge is 0.282 e. The third kappa shape index (κ3) is 1.94. The maximum atomic E-state index is 12.9. The van der Waals surface area contributed by atoms with Crippen LogP contribution in [0.1, 0.15) is 48.2 Å². The van der Waals surface area contributed by atoms with Gasteiger partial charge in [-0.15, -0.1) is 0 Å². The molecule has 1 aliphatic carbocycles. The molecule has 1 N–H and O–H groups in total. The van der Waals surface area contributed by atoms with Crippen LogP contribution in [0.15, 0.2) is 24.3 Å². The van der Waals surface area contributed by atoms with Crippen molar-refractivity contribution in [3.05, 3.63) is 52.6 Å². The lowest BCUT2D eigenvalue weighted by atomic mass is 9.89. The number of aromatic nitrogens is 2. The van der Waals surface area contributed by atoms with E-state index in [1.807, 2.05) is 12.1 Å². The van der Waals surface area contributed by atoms with Crippen molar-refractivity contribution in [2.45, 2.75) is 38.5 Å². The molecule has 0 saturated carbocycles. The Balaban J connectivity index is 1.94. The van der Waals surface area contributed by atoms with Crippen LogP contribution in [0.4, 0.5) is 4.39 Å². The van der Waals surface area contributed by atoms with E-state index in [1.54, 1.807) is 0 Å². The van der Waals surface area contributed by atoms with Crippen molar-refractivity contribution < 1.29 is 4.39 Å². The Morgan fingerprint density at radius 1 is 1.17 bits per heavy atom. The lowest BCUT2D eigenvalue weighted by Gasteiger charge is -2.15. The van der Waals surface area contributed by atoms with E-state index >= 15 is 0 Å². The number of fused-ring (bicyclic) bond motifs is 1. The summed E-state index contributed by atoms with van der Waals surface area (Å²) >= 11 is 0. The number of H-pyrrole nitrogens is 1. The minimum atomic E-state index is -0.185. The predicted molar refractivity (Wildman–Crippen MR) is 69.1 cm³/mol. The van der Waals surface area contributed by atoms with Gasteiger partial charge in [0.2, 0.25) is 0 Å². The minimum absolute atomic E-state index is 0.185. The zero-order chi connectivity index (χ0) is 12.5. The van der Waals surface area contributed by atoms with Gasteiger partial charge in [-0.3, -0.25) is 5.10 Å². The Morgan fingerprint density at radius 3 is 2.67 bits per heavy atom. The molecule has 94 valence electrons. The first-order chi connectivity index (χ1) is 8.75. The molecular formula is C15H17FN2. The highest BCUT2D eigenvalue weighted by Crippen LogP contribution is 2.30. The second-order valence-electron chi connectivity index (χ2n) is 5.05. The van der Waals surface area contributed by atoms with E-state index in [0.717, 1.165) is 24.1 Å². The summed E-state index contributed by atoms with van der Waals surface area (Å²) in [5.41, 5.74) is 4.94. The smallest absolute Gasteiger partial charge is 0.123 e. The second kappa shape index (κ2) is 4.56. The molecule has 0 fully saturated rings. The topological polar surface area (TPSA) is 28.7 Å². The molecule has 0 aliphatic heterocycles. The Labute approximate surface area is 106 Å². The summed E-state index contributed by atoms with van der Waals surface area (Å²) in [6, 6.07) is 6.74. The first kappa shape index (κ1) is 11.5. The lowest BCUT2D eigenvalue weighted by Crippen LogP contribution is -2.05. The number of aromatic amines is 1. The van der Waals surface area contributed by atoms with Crippen LogP contribution in [0.3, 0.4) is 0 Å². The molecule has 0 amide bonds. The third-order valence-corrected chi connectivity index (χ3v) is 3.87. The van der Waals surface area contributed by atoms with E-state index in [0.29, 0.717) is 0 Å². The third-order valence-electron chi connectivity index (χ3n) is 3.87. The molecule has 3 rings (SSSR count). The number of aryl methyl sites for hydroxylation is 1. The number of hydrogen-bond acceptors (Lipinski definition) is 1. The second-order valence-corrected chi connectivity index (χ2v) is 5.05. The summed E-state index contributed by atoms with van der Waals surface area (Å²) in [6.45, 7) is 2.14. The Kier molecular flexibility index (Phi) is 2.90. The summed E-state index contributed by atoms with van der Waals surface area (Å²) in [4.78, 5) is 0. The van der Waals surface area contributed by atoms with E-state index in [9.17, 15) is 4.39 Å². The quantitative estimate of drug-likeness (QED) is 0.859. The van der Waals surface area contributed by atoms with Gasteiger partial charge in [0.1, 0.15) is 5.82 Å². The van der Waals surface area contributed by atoms with E-state index in [4.69, 9.17) is 0 Å². The van der Waals surface area contributed by atoms with Crippen molar-refractivity contribution in [1.29, 1.82) is 0 Å². The zero-order valence-corrected chi connectivity index (χ0v) is 10.5. The van der Waals surface area contributed by atoms with Crippen LogP contribution in [0.25, 0.3) is 0 Å². The van der Waals surface area contributed by atoms with Crippen molar-refractivity contribution >= 4 is 0 Å². The number of benzene rings is 1. The molecule has 2 aromatic rings. The van der Waals surface area contributed by atoms with Crippen molar-refractivity contribution in [3.8, 4) is 0 Å². The summed E-state index contributed by atoms with van der Waals surface area (Å²) in [5, 5.41) is 7.64. The van der Waals surface area contributed by atoms with Crippen LogP contribution in [0, 0.1) is 5.82 Å². The summed E-state index contributed by atoms with van der Waals surface area (Å²) in [5.74, 6) is 0.0405. The SMILES string of the molecule is CC(c1ccc(F)cc1)c1n[nH]c2c1CCCC2. The van der Waals surface area contributed by atoms with Gasteiger partial charge in [0.05, 0.1) is 5.69 Å². The molecule has 1 aliphatic rings. The molecule has 3 heteroatoms. The van der Waals surface area contributed by atoms with Crippen LogP contribution in [-0.4, -0.2) is 10.2 Å². The average Bonchev–Trinajstić information content (AvgIpc) is 2.82. The minimum Gasteiger partial charge on any atom is -0.282 e. The lowest BCUT2D eigenvalue weighted by molar-refractivity contribution is 0.626. The summed E-state index contributed by atoms with van der Waals surface area (Å²) in [7, 11) is 0. The van der Waals surface area contributed by atoms with Gasteiger partial charge in [-0.2, -0.15) is 5.10 Å². The van der Waals surface area contributed by atoms with Gasteiger partial charge in [-0.1, -0.05) is 19.1 Å². The highest BCUT2D eigenvalue weighted by atomic mass is 19.1. The van der Waals surface area contributed by atoms with Crippen LogP contribution in [0.2, 0.25) is 0 Å². The molecule has 0 bridgehead atoms. The molecule has 0 saturated heterocycles. The molecule has 0 spiro atoms. The molecular weight excluding hydrogens is 227 g/mol. The van der Waals surface area contributed by atoms with Gasteiger partial charge in [0.25, 0.3) is 0 Å². The molecule has 1 unspecified atom stereocenters. The molecule has 18 heavy (non-hydrogen) atoms. The van der Waals surface area contributed by atoms with E-state index in [2.05, 4.69) is 17.1 Å². The molecule has 1 atom stereocenters. The van der Waals surface area contributed by atoms with Crippen LogP contribution >= 0.6 is 0 Å². The maximum Gasteiger partial charge on any atom is 0.123 e. The fourth-order valence-corrected chi connectivity index (χ4v) is 2.77. The van der Waals surface area contributed by atoms with Gasteiger partial charge in [0, 0.05) is 11.6 Å². The van der Waals surface area contributed by atoms with E-state index in [1.165, 1.54) is 36.2 Å². The van der Waals surface area contributed by atoms with Crippen LogP contribution in [-0.2, 0) is 12.8 Å². The Morgan fingerprint density at radius 2 is 1.89 bits per heavy atom. The number of halogens is 1. The fourth-order valence-electron chi connectivity index (χ4n) is 2.77. The standard InChI is InChI=1S/C15H17FN2/c1-10(11-6-8-12(16)9-7-11)15-13-4-2-3-5-14(13)17-18-15/h6-10H,2-5H2,1H3,(H,17,18). The molecule has 1 aromatic carbocycles. The number of rotatable bonds is 2. The number of hydrogen-bond donors (Lipinski definition) is 1. The predicted octanol–water partition coefficient (Wildman–Crippen LogP) is 3.58. The molecule has 0 radical (unpaired) electrons. The van der Waals surface area contributed by atoms with Crippen LogP contribution < -0.4 is 0 Å². The number of nitrogens with zero attached hydrogens (tertiary/aromatic N) is 1. The Bertz CT molecular complexity index is 542. The van der Waals surface area contributed by atoms with Gasteiger partial charge in [-0.05, 0) is 48.9 Å². The van der Waals surface area contributed by atoms with Crippen molar-refractivity contribution in [1.82, 2.24) is 10.2 Å². The summed E-state index contributed by atoms with van der Waals surface area (Å²) < 4.78 is 12.9. The molecule has 2 nitrogen and oxygen atoms in total. The molecule has 1 heterocycles. The van der Waals surface area contributed by atoms with Gasteiger partial charge < -0.3 is 0 Å². The molecule has 1 aromatic heterocycles. The zero-order valence-electron chi connectivity index (χ0n) is 10.5. The van der Waals surface area contributed by atoms with Crippen molar-refractivity contribution in [3.63, 3.8) is 0 Å². The first-order valence-electron chi connectivity index (χ1n) is 6.57. The monoisotopic (exact) mass is 244 g/mol. The van der Waals surface area contributed by atoms with Crippen molar-refractivity contribution in [2.75, 3.05) is 0 Å². The Hall–Kier alpha value is -1.64. The van der Waals surface area contributed by atoms with Crippen molar-refractivity contribution in [2.24, 2.45) is 0 Å². The highest BCUT2D eigenvalue weighted by molar-refractivity contribution is 5.36. The van der Waals surface area contributed by atoms with E-state index < -0.39 is 0 Å². The average molecular weight is 244 g/mol. The van der Waals surface area contributed by atoms with E-state index in [-0.39, 0.29) is 11.7 Å². The summed E-state index contributed by atoms with van der Waals surface area (Å²) in [6.07, 6.45) is 4.72. The highest BCUT2D eigenvalue weighted by Gasteiger charge is 2.21. The fraction of sp³-hybridized carbons (Fsp3) is 0.400. The normalized spacial score (nSPS) is 16.3. The van der Waals surface area contributed by atoms with Gasteiger partial charge >= 0.3 is 0 Å². The number of nitrogens with one attached hydrogen (secondary N) is 1. The van der Waals surface area contributed by atoms with Crippen LogP contribution in [0.5, 0.6) is 0 Å². The first-order valence-corrected chi connectivity index (χ1v) is 6.57. The van der Waals surface area contributed by atoms with Gasteiger partial charge in [0.15, 0.2) is 0 Å². The maximum absolute atomic E-state index is 12.9. The van der Waals surface area contributed by atoms with Gasteiger partial charge in [-0.25, -0.2) is 4.39 Å².